The number of nitrogens with zero attached hydrogens (tertiary/aromatic N) is 1. The lowest BCUT2D eigenvalue weighted by Crippen LogP contribution is -2.11. The molecule has 21 heavy (non-hydrogen) atoms. The summed E-state index contributed by atoms with van der Waals surface area (Å²) in [6, 6.07) is 16.7. The highest BCUT2D eigenvalue weighted by molar-refractivity contribution is 5.64. The van der Waals surface area contributed by atoms with Crippen LogP contribution >= 0.6 is 0 Å². The average Bonchev–Trinajstić information content (AvgIpc) is 2.53. The lowest BCUT2D eigenvalue weighted by molar-refractivity contribution is 0.888. The zero-order valence-electron chi connectivity index (χ0n) is 12.6. The van der Waals surface area contributed by atoms with Gasteiger partial charge in [0.05, 0.1) is 5.70 Å². The summed E-state index contributed by atoms with van der Waals surface area (Å²) in [6.45, 7) is 6.37. The highest BCUT2D eigenvalue weighted by Crippen LogP contribution is 2.14. The van der Waals surface area contributed by atoms with E-state index in [9.17, 15) is 0 Å². The Kier molecular flexibility index (Phi) is 5.16. The van der Waals surface area contributed by atoms with E-state index < -0.39 is 0 Å². The second-order valence-corrected chi connectivity index (χ2v) is 4.89. The van der Waals surface area contributed by atoms with Crippen molar-refractivity contribution < 1.29 is 0 Å². The van der Waals surface area contributed by atoms with E-state index >= 15 is 0 Å². The summed E-state index contributed by atoms with van der Waals surface area (Å²) in [5.74, 6) is 0. The first-order chi connectivity index (χ1) is 10.2. The maximum absolute atomic E-state index is 3.89. The van der Waals surface area contributed by atoms with E-state index in [1.165, 1.54) is 11.1 Å². The van der Waals surface area contributed by atoms with Crippen LogP contribution in [0.3, 0.4) is 0 Å². The van der Waals surface area contributed by atoms with Gasteiger partial charge in [0.25, 0.3) is 0 Å². The lowest BCUT2D eigenvalue weighted by atomic mass is 10.1. The zero-order chi connectivity index (χ0) is 15.1. The van der Waals surface area contributed by atoms with Gasteiger partial charge in [0.2, 0.25) is 0 Å². The van der Waals surface area contributed by atoms with Crippen LogP contribution < -0.4 is 10.6 Å². The molecule has 2 rings (SSSR count). The molecule has 0 unspecified atom stereocenters. The maximum atomic E-state index is 3.89. The molecular formula is C18H21N3. The van der Waals surface area contributed by atoms with E-state index in [1.807, 2.05) is 7.05 Å². The minimum Gasteiger partial charge on any atom is -0.388 e. The van der Waals surface area contributed by atoms with Gasteiger partial charge in [-0.05, 0) is 36.9 Å². The van der Waals surface area contributed by atoms with Crippen molar-refractivity contribution >= 4 is 18.1 Å². The standard InChI is InChI=1S/C18H21N3/c1-14-4-8-16(9-5-14)18(13-19-2)21-12-15-6-10-17(20-3)11-7-15/h4-11,13,20-21H,2,12H2,1,3H3/b18-13-. The molecule has 0 aromatic heterocycles. The van der Waals surface area contributed by atoms with Crippen molar-refractivity contribution in [2.24, 2.45) is 4.99 Å². The van der Waals surface area contributed by atoms with E-state index in [2.05, 4.69) is 77.8 Å². The number of hydrogen-bond donors (Lipinski definition) is 2. The van der Waals surface area contributed by atoms with Gasteiger partial charge in [-0.25, -0.2) is 0 Å². The molecule has 2 aromatic rings. The van der Waals surface area contributed by atoms with Crippen molar-refractivity contribution in [3.05, 3.63) is 71.4 Å². The van der Waals surface area contributed by atoms with Gasteiger partial charge in [0, 0.05) is 25.5 Å². The van der Waals surface area contributed by atoms with Gasteiger partial charge in [-0.3, -0.25) is 4.99 Å². The molecule has 0 amide bonds. The summed E-state index contributed by atoms with van der Waals surface area (Å²) < 4.78 is 0. The molecule has 0 radical (unpaired) electrons. The van der Waals surface area contributed by atoms with Crippen molar-refractivity contribution in [1.29, 1.82) is 0 Å². The number of nitrogens with one attached hydrogen (secondary N) is 2. The van der Waals surface area contributed by atoms with Crippen LogP contribution in [0.4, 0.5) is 5.69 Å². The third-order valence-electron chi connectivity index (χ3n) is 3.31. The van der Waals surface area contributed by atoms with E-state index in [-0.39, 0.29) is 0 Å². The smallest absolute Gasteiger partial charge is 0.0602 e. The highest BCUT2D eigenvalue weighted by Gasteiger charge is 2.01. The Bertz CT molecular complexity index is 610. The summed E-state index contributed by atoms with van der Waals surface area (Å²) in [4.78, 5) is 3.89. The summed E-state index contributed by atoms with van der Waals surface area (Å²) in [7, 11) is 1.92. The fourth-order valence-electron chi connectivity index (χ4n) is 2.03. The number of rotatable bonds is 6. The van der Waals surface area contributed by atoms with Gasteiger partial charge < -0.3 is 10.6 Å². The number of hydrogen-bond acceptors (Lipinski definition) is 3. The summed E-state index contributed by atoms with van der Waals surface area (Å²) in [5.41, 5.74) is 5.66. The van der Waals surface area contributed by atoms with Crippen LogP contribution in [0.2, 0.25) is 0 Å². The van der Waals surface area contributed by atoms with E-state index in [1.54, 1.807) is 6.20 Å². The van der Waals surface area contributed by atoms with Crippen molar-refractivity contribution in [2.45, 2.75) is 13.5 Å². The van der Waals surface area contributed by atoms with Crippen molar-refractivity contribution in [2.75, 3.05) is 12.4 Å². The first-order valence-electron chi connectivity index (χ1n) is 6.96. The van der Waals surface area contributed by atoms with Crippen LogP contribution in [0.25, 0.3) is 5.70 Å². The Morgan fingerprint density at radius 2 is 1.76 bits per heavy atom. The Hall–Kier alpha value is -2.55. The van der Waals surface area contributed by atoms with Crippen molar-refractivity contribution in [1.82, 2.24) is 5.32 Å². The van der Waals surface area contributed by atoms with Crippen LogP contribution in [0.5, 0.6) is 0 Å². The van der Waals surface area contributed by atoms with Crippen LogP contribution in [0.15, 0.2) is 59.7 Å². The average molecular weight is 279 g/mol. The van der Waals surface area contributed by atoms with Gasteiger partial charge in [0.1, 0.15) is 0 Å². The Morgan fingerprint density at radius 1 is 1.10 bits per heavy atom. The molecule has 0 fully saturated rings. The lowest BCUT2D eigenvalue weighted by Gasteiger charge is -2.11. The largest absolute Gasteiger partial charge is 0.388 e. The molecule has 0 saturated heterocycles. The van der Waals surface area contributed by atoms with Gasteiger partial charge in [0.15, 0.2) is 0 Å². The van der Waals surface area contributed by atoms with Gasteiger partial charge in [-0.1, -0.05) is 42.0 Å². The van der Waals surface area contributed by atoms with Crippen LogP contribution in [0.1, 0.15) is 16.7 Å². The third-order valence-corrected chi connectivity index (χ3v) is 3.31. The molecule has 2 aromatic carbocycles. The Balaban J connectivity index is 2.08. The molecule has 2 N–H and O–H groups in total. The summed E-state index contributed by atoms with van der Waals surface area (Å²) >= 11 is 0. The SMILES string of the molecule is C=N/C=C(\NCc1ccc(NC)cc1)c1ccc(C)cc1. The second kappa shape index (κ2) is 7.29. The molecule has 0 atom stereocenters. The Labute approximate surface area is 126 Å². The second-order valence-electron chi connectivity index (χ2n) is 4.89. The predicted octanol–water partition coefficient (Wildman–Crippen LogP) is 3.83. The molecule has 0 aliphatic rings. The molecule has 3 heteroatoms. The number of benzene rings is 2. The minimum absolute atomic E-state index is 0.749. The quantitative estimate of drug-likeness (QED) is 0.789. The van der Waals surface area contributed by atoms with Crippen molar-refractivity contribution in [3.63, 3.8) is 0 Å². The molecule has 3 nitrogen and oxygen atoms in total. The fourth-order valence-corrected chi connectivity index (χ4v) is 2.03. The topological polar surface area (TPSA) is 36.4 Å². The van der Waals surface area contributed by atoms with E-state index in [0.717, 1.165) is 23.5 Å². The summed E-state index contributed by atoms with van der Waals surface area (Å²) in [6.07, 6.45) is 1.76. The first-order valence-corrected chi connectivity index (χ1v) is 6.96. The van der Waals surface area contributed by atoms with Crippen LogP contribution in [-0.2, 0) is 6.54 Å². The predicted molar refractivity (Wildman–Crippen MR) is 91.5 cm³/mol. The third kappa shape index (κ3) is 4.21. The fraction of sp³-hybridized carbons (Fsp3) is 0.167. The molecule has 0 aliphatic heterocycles. The molecule has 0 heterocycles. The van der Waals surface area contributed by atoms with Crippen LogP contribution in [0, 0.1) is 6.92 Å². The first kappa shape index (κ1) is 14.9. The molecule has 0 spiro atoms. The molecule has 0 saturated carbocycles. The molecule has 0 aliphatic carbocycles. The van der Waals surface area contributed by atoms with Gasteiger partial charge in [-0.15, -0.1) is 0 Å². The Morgan fingerprint density at radius 3 is 2.33 bits per heavy atom. The summed E-state index contributed by atoms with van der Waals surface area (Å²) in [5, 5.41) is 6.53. The van der Waals surface area contributed by atoms with E-state index in [0.29, 0.717) is 0 Å². The molecule has 108 valence electrons. The number of anilines is 1. The normalized spacial score (nSPS) is 11.0. The molecular weight excluding hydrogens is 258 g/mol. The highest BCUT2D eigenvalue weighted by atomic mass is 14.9. The minimum atomic E-state index is 0.749. The molecule has 0 bridgehead atoms. The number of aryl methyl sites for hydroxylation is 1. The monoisotopic (exact) mass is 279 g/mol. The zero-order valence-corrected chi connectivity index (χ0v) is 12.6. The van der Waals surface area contributed by atoms with Gasteiger partial charge in [-0.2, -0.15) is 0 Å². The maximum Gasteiger partial charge on any atom is 0.0602 e. The van der Waals surface area contributed by atoms with Gasteiger partial charge >= 0.3 is 0 Å². The van der Waals surface area contributed by atoms with E-state index in [4.69, 9.17) is 0 Å². The van der Waals surface area contributed by atoms with Crippen molar-refractivity contribution in [3.8, 4) is 0 Å². The van der Waals surface area contributed by atoms with Crippen LogP contribution in [-0.4, -0.2) is 13.8 Å². The number of aliphatic imine (C=N–C) groups is 1.